The Hall–Kier alpha value is -3.35. The number of esters is 1. The highest BCUT2D eigenvalue weighted by molar-refractivity contribution is 5.85. The Balaban J connectivity index is 1.72. The molecule has 0 aliphatic heterocycles. The minimum atomic E-state index is -1.48. The largest absolute Gasteiger partial charge is 0.550 e. The summed E-state index contributed by atoms with van der Waals surface area (Å²) in [5, 5.41) is 13.3. The second-order valence-corrected chi connectivity index (χ2v) is 8.13. The molecule has 0 saturated heterocycles. The molecule has 1 atom stereocenters. The summed E-state index contributed by atoms with van der Waals surface area (Å²) in [4.78, 5) is 35.6. The maximum Gasteiger partial charge on any atom is 0.408 e. The number of benzene rings is 2. The number of fused-ring (bicyclic) bond motifs is 3. The van der Waals surface area contributed by atoms with E-state index >= 15 is 0 Å². The van der Waals surface area contributed by atoms with Crippen LogP contribution in [0, 0.1) is 0 Å². The van der Waals surface area contributed by atoms with Gasteiger partial charge in [0.25, 0.3) is 0 Å². The van der Waals surface area contributed by atoms with Crippen molar-refractivity contribution < 1.29 is 29.0 Å². The van der Waals surface area contributed by atoms with Gasteiger partial charge in [0.1, 0.15) is 18.2 Å². The van der Waals surface area contributed by atoms with Gasteiger partial charge in [-0.2, -0.15) is 0 Å². The number of hydrogen-bond donors (Lipinski definition) is 1. The van der Waals surface area contributed by atoms with Crippen LogP contribution in [0.3, 0.4) is 0 Å². The summed E-state index contributed by atoms with van der Waals surface area (Å²) in [6.07, 6.45) is -1.61. The van der Waals surface area contributed by atoms with Crippen LogP contribution in [0.5, 0.6) is 0 Å². The van der Waals surface area contributed by atoms with Crippen LogP contribution in [0.1, 0.15) is 44.2 Å². The van der Waals surface area contributed by atoms with Crippen molar-refractivity contribution in [1.29, 1.82) is 0 Å². The number of carboxylic acids is 1. The molecule has 0 fully saturated rings. The predicted octanol–water partition coefficient (Wildman–Crippen LogP) is 2.38. The first-order chi connectivity index (χ1) is 14.2. The molecule has 2 aromatic rings. The molecule has 1 aliphatic carbocycles. The minimum Gasteiger partial charge on any atom is -0.550 e. The van der Waals surface area contributed by atoms with Crippen LogP contribution >= 0.6 is 0 Å². The van der Waals surface area contributed by atoms with Gasteiger partial charge in [-0.25, -0.2) is 9.59 Å². The summed E-state index contributed by atoms with van der Waals surface area (Å²) < 4.78 is 10.5. The van der Waals surface area contributed by atoms with Gasteiger partial charge in [-0.05, 0) is 43.0 Å². The van der Waals surface area contributed by atoms with Gasteiger partial charge in [-0.15, -0.1) is 0 Å². The summed E-state index contributed by atoms with van der Waals surface area (Å²) in [6, 6.07) is 14.3. The number of alkyl carbamates (subject to hydrolysis) is 1. The van der Waals surface area contributed by atoms with E-state index in [1.165, 1.54) is 0 Å². The van der Waals surface area contributed by atoms with Crippen molar-refractivity contribution in [3.05, 3.63) is 59.7 Å². The van der Waals surface area contributed by atoms with Gasteiger partial charge in [-0.3, -0.25) is 0 Å². The van der Waals surface area contributed by atoms with E-state index in [2.05, 4.69) is 5.32 Å². The molecule has 7 nitrogen and oxygen atoms in total. The van der Waals surface area contributed by atoms with Crippen LogP contribution in [0.15, 0.2) is 48.5 Å². The van der Waals surface area contributed by atoms with Crippen LogP contribution in [-0.2, 0) is 19.1 Å². The Morgan fingerprint density at radius 1 is 1.00 bits per heavy atom. The summed E-state index contributed by atoms with van der Waals surface area (Å²) in [5.41, 5.74) is 3.42. The molecule has 30 heavy (non-hydrogen) atoms. The molecular weight excluding hydrogens is 386 g/mol. The first kappa shape index (κ1) is 21.4. The van der Waals surface area contributed by atoms with Gasteiger partial charge in [0.2, 0.25) is 0 Å². The minimum absolute atomic E-state index is 0.0202. The highest BCUT2D eigenvalue weighted by atomic mass is 16.6. The maximum absolute atomic E-state index is 12.6. The smallest absolute Gasteiger partial charge is 0.408 e. The highest BCUT2D eigenvalue weighted by Crippen LogP contribution is 2.44. The summed E-state index contributed by atoms with van der Waals surface area (Å²) in [6.45, 7) is 5.00. The van der Waals surface area contributed by atoms with Crippen molar-refractivity contribution in [2.75, 3.05) is 6.61 Å². The predicted molar refractivity (Wildman–Crippen MR) is 107 cm³/mol. The normalized spacial score (nSPS) is 13.7. The lowest BCUT2D eigenvalue weighted by Gasteiger charge is -2.23. The lowest BCUT2D eigenvalue weighted by molar-refractivity contribution is -0.306. The molecule has 0 saturated carbocycles. The van der Waals surface area contributed by atoms with E-state index in [1.807, 2.05) is 48.5 Å². The van der Waals surface area contributed by atoms with Crippen LogP contribution in [-0.4, -0.2) is 36.3 Å². The van der Waals surface area contributed by atoms with Gasteiger partial charge < -0.3 is 24.7 Å². The fourth-order valence-electron chi connectivity index (χ4n) is 3.52. The van der Waals surface area contributed by atoms with Crippen LogP contribution in [0.25, 0.3) is 11.1 Å². The van der Waals surface area contributed by atoms with Crippen LogP contribution in [0.2, 0.25) is 0 Å². The average molecular weight is 410 g/mol. The number of nitrogens with one attached hydrogen (secondary N) is 1. The number of aliphatic carboxylic acids is 1. The number of ether oxygens (including phenoxy) is 2. The van der Waals surface area contributed by atoms with E-state index in [4.69, 9.17) is 9.47 Å². The highest BCUT2D eigenvalue weighted by Gasteiger charge is 2.31. The fourth-order valence-corrected chi connectivity index (χ4v) is 3.52. The van der Waals surface area contributed by atoms with E-state index in [-0.39, 0.29) is 12.5 Å². The van der Waals surface area contributed by atoms with E-state index in [1.54, 1.807) is 20.8 Å². The Labute approximate surface area is 175 Å². The molecule has 3 rings (SSSR count). The molecule has 0 spiro atoms. The monoisotopic (exact) mass is 410 g/mol. The van der Waals surface area contributed by atoms with Crippen LogP contribution in [0.4, 0.5) is 4.79 Å². The molecule has 1 N–H and O–H groups in total. The standard InChI is InChI=1S/C23H25NO6/c1-23(2,3)30-22(28)24-19(12-20(25)26)21(27)29-13-18-16-10-6-4-8-14(16)15-9-5-7-11-17(15)18/h4-11,18-19H,12-13H2,1-3H3,(H,24,28)(H,25,26)/p-1/t19-/m1/s1. The third kappa shape index (κ3) is 4.97. The van der Waals surface area contributed by atoms with Gasteiger partial charge in [0.05, 0.1) is 0 Å². The SMILES string of the molecule is CC(C)(C)OC(=O)N[C@H](CC(=O)[O-])C(=O)OCC1c2ccccc2-c2ccccc21. The molecule has 0 unspecified atom stereocenters. The number of carbonyl (C=O) groups is 3. The first-order valence-corrected chi connectivity index (χ1v) is 9.70. The Kier molecular flexibility index (Phi) is 6.10. The summed E-state index contributed by atoms with van der Waals surface area (Å²) in [7, 11) is 0. The van der Waals surface area contributed by atoms with Crippen molar-refractivity contribution in [3.63, 3.8) is 0 Å². The molecule has 1 aliphatic rings. The van der Waals surface area contributed by atoms with E-state index in [0.717, 1.165) is 22.3 Å². The number of amides is 1. The maximum atomic E-state index is 12.6. The molecule has 158 valence electrons. The third-order valence-electron chi connectivity index (χ3n) is 4.70. The molecular formula is C23H24NO6-. The Morgan fingerprint density at radius 2 is 1.53 bits per heavy atom. The molecule has 2 aromatic carbocycles. The molecule has 0 aromatic heterocycles. The molecule has 0 radical (unpaired) electrons. The first-order valence-electron chi connectivity index (χ1n) is 9.70. The number of carboxylic acid groups (broad SMARTS) is 1. The lowest BCUT2D eigenvalue weighted by Crippen LogP contribution is -2.47. The average Bonchev–Trinajstić information content (AvgIpc) is 2.98. The third-order valence-corrected chi connectivity index (χ3v) is 4.70. The topological polar surface area (TPSA) is 105 Å². The molecule has 7 heteroatoms. The summed E-state index contributed by atoms with van der Waals surface area (Å²) in [5.74, 6) is -2.51. The van der Waals surface area contributed by atoms with Gasteiger partial charge in [-0.1, -0.05) is 48.5 Å². The quantitative estimate of drug-likeness (QED) is 0.733. The van der Waals surface area contributed by atoms with E-state index < -0.39 is 36.1 Å². The van der Waals surface area contributed by atoms with E-state index in [9.17, 15) is 19.5 Å². The zero-order valence-electron chi connectivity index (χ0n) is 17.1. The second-order valence-electron chi connectivity index (χ2n) is 8.13. The Bertz CT molecular complexity index is 917. The Morgan fingerprint density at radius 3 is 2.03 bits per heavy atom. The van der Waals surface area contributed by atoms with Gasteiger partial charge in [0, 0.05) is 18.3 Å². The summed E-state index contributed by atoms with van der Waals surface area (Å²) >= 11 is 0. The second kappa shape index (κ2) is 8.57. The van der Waals surface area contributed by atoms with E-state index in [0.29, 0.717) is 0 Å². The van der Waals surface area contributed by atoms with Crippen molar-refractivity contribution in [2.45, 2.75) is 44.8 Å². The lowest BCUT2D eigenvalue weighted by atomic mass is 9.98. The number of rotatable bonds is 6. The van der Waals surface area contributed by atoms with Crippen molar-refractivity contribution in [3.8, 4) is 11.1 Å². The number of carbonyl (C=O) groups excluding carboxylic acids is 3. The fraction of sp³-hybridized carbons (Fsp3) is 0.348. The number of hydrogen-bond acceptors (Lipinski definition) is 6. The molecule has 0 bridgehead atoms. The van der Waals surface area contributed by atoms with Crippen molar-refractivity contribution in [2.24, 2.45) is 0 Å². The van der Waals surface area contributed by atoms with Crippen molar-refractivity contribution >= 4 is 18.0 Å². The van der Waals surface area contributed by atoms with Gasteiger partial charge in [0.15, 0.2) is 0 Å². The zero-order chi connectivity index (χ0) is 21.9. The van der Waals surface area contributed by atoms with Gasteiger partial charge >= 0.3 is 12.1 Å². The zero-order valence-corrected chi connectivity index (χ0v) is 17.1. The molecule has 0 heterocycles. The van der Waals surface area contributed by atoms with Crippen LogP contribution < -0.4 is 10.4 Å². The molecule has 1 amide bonds. The van der Waals surface area contributed by atoms with Crippen molar-refractivity contribution in [1.82, 2.24) is 5.32 Å².